The van der Waals surface area contributed by atoms with Crippen molar-refractivity contribution < 1.29 is 14.6 Å². The molecule has 130 valence electrons. The molecule has 4 nitrogen and oxygen atoms in total. The number of aliphatic hydroxyl groups is 1. The number of esters is 1. The molecule has 1 aliphatic heterocycles. The first-order valence-electron chi connectivity index (χ1n) is 8.59. The zero-order chi connectivity index (χ0) is 17.8. The van der Waals surface area contributed by atoms with E-state index in [1.54, 1.807) is 6.92 Å². The fourth-order valence-electron chi connectivity index (χ4n) is 3.24. The van der Waals surface area contributed by atoms with E-state index in [0.29, 0.717) is 18.5 Å². The second kappa shape index (κ2) is 7.43. The number of rotatable bonds is 4. The van der Waals surface area contributed by atoms with Gasteiger partial charge in [0.15, 0.2) is 0 Å². The van der Waals surface area contributed by atoms with Crippen molar-refractivity contribution in [2.75, 3.05) is 18.1 Å². The molecular weight excluding hydrogens is 314 g/mol. The van der Waals surface area contributed by atoms with Gasteiger partial charge in [0.1, 0.15) is 11.3 Å². The van der Waals surface area contributed by atoms with Crippen LogP contribution in [0.2, 0.25) is 0 Å². The van der Waals surface area contributed by atoms with Crippen LogP contribution in [0, 0.1) is 6.92 Å². The zero-order valence-electron chi connectivity index (χ0n) is 14.6. The first-order valence-corrected chi connectivity index (χ1v) is 8.59. The molecule has 0 amide bonds. The molecule has 0 aliphatic carbocycles. The number of carbonyl (C=O) groups is 1. The Morgan fingerprint density at radius 3 is 2.48 bits per heavy atom. The fraction of sp³-hybridized carbons (Fsp3) is 0.286. The summed E-state index contributed by atoms with van der Waals surface area (Å²) in [6.45, 7) is 4.73. The van der Waals surface area contributed by atoms with E-state index in [4.69, 9.17) is 4.74 Å². The van der Waals surface area contributed by atoms with Crippen molar-refractivity contribution in [1.82, 2.24) is 0 Å². The molecule has 1 atom stereocenters. The maximum atomic E-state index is 12.6. The third-order valence-corrected chi connectivity index (χ3v) is 4.46. The van der Waals surface area contributed by atoms with E-state index in [2.05, 4.69) is 29.2 Å². The Morgan fingerprint density at radius 2 is 1.84 bits per heavy atom. The van der Waals surface area contributed by atoms with Gasteiger partial charge in [-0.1, -0.05) is 48.0 Å². The summed E-state index contributed by atoms with van der Waals surface area (Å²) in [5, 5.41) is 10.5. The van der Waals surface area contributed by atoms with Gasteiger partial charge in [0.25, 0.3) is 0 Å². The number of hydrogen-bond acceptors (Lipinski definition) is 4. The Kier molecular flexibility index (Phi) is 5.08. The Hall–Kier alpha value is -2.75. The first-order chi connectivity index (χ1) is 12.1. The smallest absolute Gasteiger partial charge is 0.339 e. The van der Waals surface area contributed by atoms with Crippen molar-refractivity contribution in [2.24, 2.45) is 0 Å². The van der Waals surface area contributed by atoms with Gasteiger partial charge in [-0.25, -0.2) is 4.79 Å². The third-order valence-electron chi connectivity index (χ3n) is 4.46. The minimum absolute atomic E-state index is 0.121. The summed E-state index contributed by atoms with van der Waals surface area (Å²) in [6.07, 6.45) is 0.422. The highest BCUT2D eigenvalue weighted by molar-refractivity contribution is 5.92. The van der Waals surface area contributed by atoms with Gasteiger partial charge in [-0.2, -0.15) is 0 Å². The molecule has 1 heterocycles. The lowest BCUT2D eigenvalue weighted by Crippen LogP contribution is -2.38. The second-order valence-corrected chi connectivity index (χ2v) is 6.17. The third kappa shape index (κ3) is 3.53. The van der Waals surface area contributed by atoms with E-state index in [0.717, 1.165) is 11.3 Å². The molecule has 0 bridgehead atoms. The number of anilines is 1. The lowest BCUT2D eigenvalue weighted by molar-refractivity contribution is -0.139. The average molecular weight is 337 g/mol. The molecule has 1 aliphatic rings. The molecule has 0 spiro atoms. The van der Waals surface area contributed by atoms with E-state index in [9.17, 15) is 9.90 Å². The van der Waals surface area contributed by atoms with E-state index < -0.39 is 5.97 Å². The molecule has 25 heavy (non-hydrogen) atoms. The number of ether oxygens (including phenoxy) is 1. The number of aryl methyl sites for hydroxylation is 1. The van der Waals surface area contributed by atoms with Crippen LogP contribution in [-0.2, 0) is 9.53 Å². The van der Waals surface area contributed by atoms with Gasteiger partial charge in [-0.05, 0) is 31.5 Å². The molecule has 0 saturated heterocycles. The number of hydrogen-bond donors (Lipinski definition) is 1. The number of carbonyl (C=O) groups excluding carboxylic acids is 1. The molecule has 2 aromatic carbocycles. The Bertz CT molecular complexity index is 765. The minimum atomic E-state index is -0.453. The Labute approximate surface area is 148 Å². The molecule has 0 aromatic heterocycles. The summed E-state index contributed by atoms with van der Waals surface area (Å²) in [7, 11) is 0. The minimum Gasteiger partial charge on any atom is -0.512 e. The van der Waals surface area contributed by atoms with E-state index in [1.165, 1.54) is 5.56 Å². The van der Waals surface area contributed by atoms with Crippen molar-refractivity contribution in [3.05, 3.63) is 77.1 Å². The molecule has 3 rings (SSSR count). The standard InChI is InChI=1S/C21H23NO3/c1-3-25-21(24)19-18(23)13-14-22(17-11-9-15(2)10-12-17)20(19)16-7-5-4-6-8-16/h4-12,20,23H,3,13-14H2,1-2H3. The fourth-order valence-corrected chi connectivity index (χ4v) is 3.24. The lowest BCUT2D eigenvalue weighted by Gasteiger charge is -2.38. The summed E-state index contributed by atoms with van der Waals surface area (Å²) < 4.78 is 5.22. The summed E-state index contributed by atoms with van der Waals surface area (Å²) in [6, 6.07) is 17.6. The van der Waals surface area contributed by atoms with Gasteiger partial charge in [0.2, 0.25) is 0 Å². The van der Waals surface area contributed by atoms with Crippen molar-refractivity contribution in [1.29, 1.82) is 0 Å². The highest BCUT2D eigenvalue weighted by atomic mass is 16.5. The summed E-state index contributed by atoms with van der Waals surface area (Å²) in [5.41, 5.74) is 3.49. The summed E-state index contributed by atoms with van der Waals surface area (Å²) in [5.74, 6) is -0.332. The van der Waals surface area contributed by atoms with Crippen LogP contribution in [-0.4, -0.2) is 24.2 Å². The van der Waals surface area contributed by atoms with Crippen LogP contribution in [0.1, 0.15) is 30.5 Å². The summed E-state index contributed by atoms with van der Waals surface area (Å²) >= 11 is 0. The second-order valence-electron chi connectivity index (χ2n) is 6.17. The van der Waals surface area contributed by atoms with Crippen LogP contribution < -0.4 is 4.90 Å². The Balaban J connectivity index is 2.09. The van der Waals surface area contributed by atoms with Crippen molar-refractivity contribution in [2.45, 2.75) is 26.3 Å². The van der Waals surface area contributed by atoms with Crippen LogP contribution in [0.3, 0.4) is 0 Å². The maximum absolute atomic E-state index is 12.6. The number of nitrogens with zero attached hydrogens (tertiary/aromatic N) is 1. The topological polar surface area (TPSA) is 49.8 Å². The van der Waals surface area contributed by atoms with Gasteiger partial charge in [0.05, 0.1) is 12.6 Å². The Morgan fingerprint density at radius 1 is 1.16 bits per heavy atom. The number of benzene rings is 2. The predicted molar refractivity (Wildman–Crippen MR) is 98.6 cm³/mol. The molecular formula is C21H23NO3. The van der Waals surface area contributed by atoms with Gasteiger partial charge in [-0.3, -0.25) is 0 Å². The average Bonchev–Trinajstić information content (AvgIpc) is 2.63. The van der Waals surface area contributed by atoms with E-state index in [-0.39, 0.29) is 18.4 Å². The zero-order valence-corrected chi connectivity index (χ0v) is 14.6. The number of aliphatic hydroxyl groups excluding tert-OH is 1. The largest absolute Gasteiger partial charge is 0.512 e. The first kappa shape index (κ1) is 17.1. The molecule has 0 radical (unpaired) electrons. The van der Waals surface area contributed by atoms with E-state index >= 15 is 0 Å². The highest BCUT2D eigenvalue weighted by Crippen LogP contribution is 2.38. The monoisotopic (exact) mass is 337 g/mol. The van der Waals surface area contributed by atoms with Crippen LogP contribution in [0.15, 0.2) is 65.9 Å². The normalized spacial score (nSPS) is 17.5. The van der Waals surface area contributed by atoms with Gasteiger partial charge >= 0.3 is 5.97 Å². The highest BCUT2D eigenvalue weighted by Gasteiger charge is 2.36. The van der Waals surface area contributed by atoms with Crippen LogP contribution in [0.4, 0.5) is 5.69 Å². The van der Waals surface area contributed by atoms with E-state index in [1.807, 2.05) is 37.3 Å². The van der Waals surface area contributed by atoms with Crippen molar-refractivity contribution in [3.63, 3.8) is 0 Å². The van der Waals surface area contributed by atoms with Crippen LogP contribution in [0.25, 0.3) is 0 Å². The molecule has 4 heteroatoms. The van der Waals surface area contributed by atoms with Crippen LogP contribution >= 0.6 is 0 Å². The molecule has 0 fully saturated rings. The molecule has 0 saturated carbocycles. The maximum Gasteiger partial charge on any atom is 0.339 e. The van der Waals surface area contributed by atoms with Crippen LogP contribution in [0.5, 0.6) is 0 Å². The molecule has 2 aromatic rings. The molecule has 1 unspecified atom stereocenters. The van der Waals surface area contributed by atoms with Crippen molar-refractivity contribution in [3.8, 4) is 0 Å². The predicted octanol–water partition coefficient (Wildman–Crippen LogP) is 4.32. The van der Waals surface area contributed by atoms with Gasteiger partial charge in [0, 0.05) is 18.7 Å². The SMILES string of the molecule is CCOC(=O)C1=C(O)CCN(c2ccc(C)cc2)C1c1ccccc1. The lowest BCUT2D eigenvalue weighted by atomic mass is 9.91. The quantitative estimate of drug-likeness (QED) is 0.844. The van der Waals surface area contributed by atoms with Gasteiger partial charge < -0.3 is 14.7 Å². The summed E-state index contributed by atoms with van der Waals surface area (Å²) in [4.78, 5) is 14.7. The van der Waals surface area contributed by atoms with Gasteiger partial charge in [-0.15, -0.1) is 0 Å². The van der Waals surface area contributed by atoms with Crippen molar-refractivity contribution >= 4 is 11.7 Å². The molecule has 1 N–H and O–H groups in total.